The van der Waals surface area contributed by atoms with Crippen molar-refractivity contribution < 1.29 is 0 Å². The third-order valence-electron chi connectivity index (χ3n) is 0.408. The van der Waals surface area contributed by atoms with E-state index in [0.717, 1.165) is 8.58 Å². The molecule has 0 aromatic rings. The lowest BCUT2D eigenvalue weighted by Gasteiger charge is -1.78. The zero-order chi connectivity index (χ0) is 4.12. The molecule has 0 aliphatic heterocycles. The maximum Gasteiger partial charge on any atom is 0.111 e. The van der Waals surface area contributed by atoms with E-state index in [1.807, 2.05) is 0 Å². The predicted octanol–water partition coefficient (Wildman–Crippen LogP) is 1.00. The molecule has 0 fully saturated rings. The molecule has 0 heterocycles. The van der Waals surface area contributed by atoms with Crippen LogP contribution >= 0.6 is 8.58 Å². The van der Waals surface area contributed by atoms with Gasteiger partial charge in [0.05, 0.1) is 0 Å². The number of hydrogen-bond donors (Lipinski definition) is 0. The van der Waals surface area contributed by atoms with E-state index in [4.69, 9.17) is 0 Å². The van der Waals surface area contributed by atoms with Crippen LogP contribution in [0.4, 0.5) is 0 Å². The van der Waals surface area contributed by atoms with E-state index in [0.29, 0.717) is 0 Å². The minimum Gasteiger partial charge on any atom is -0.133 e. The molecule has 0 aromatic heterocycles. The van der Waals surface area contributed by atoms with Gasteiger partial charge in [-0.2, -0.15) is 0 Å². The molecule has 1 atom stereocenters. The predicted molar refractivity (Wildman–Crippen MR) is 30.7 cm³/mol. The highest BCUT2D eigenvalue weighted by molar-refractivity contribution is 7.39. The summed E-state index contributed by atoms with van der Waals surface area (Å²) in [6.07, 6.45) is 0. The van der Waals surface area contributed by atoms with Crippen molar-refractivity contribution in [3.63, 3.8) is 0 Å². The lowest BCUT2D eigenvalue weighted by molar-refractivity contribution is 2.02. The Labute approximate surface area is 36.4 Å². The maximum atomic E-state index is 2.21. The van der Waals surface area contributed by atoms with E-state index in [2.05, 4.69) is 20.8 Å². The van der Waals surface area contributed by atoms with E-state index in [1.54, 1.807) is 0 Å². The molecule has 1 radical (unpaired) electrons. The topological polar surface area (TPSA) is 0 Å². The van der Waals surface area contributed by atoms with Crippen LogP contribution in [-0.4, -0.2) is 20.0 Å². The monoisotopic (exact) mass is 87.1 g/mol. The van der Waals surface area contributed by atoms with Gasteiger partial charge in [-0.25, -0.2) is 0 Å². The summed E-state index contributed by atoms with van der Waals surface area (Å²) in [4.78, 5) is 0. The Bertz CT molecular complexity index is 14.4. The zero-order valence-electron chi connectivity index (χ0n) is 3.78. The number of hydrogen-bond acceptors (Lipinski definition) is 0. The minimum absolute atomic E-state index is 1.10. The summed E-state index contributed by atoms with van der Waals surface area (Å²) in [5.74, 6) is 0. The second-order valence-corrected chi connectivity index (χ2v) is 2.08. The van der Waals surface area contributed by atoms with Gasteiger partial charge in [0.2, 0.25) is 0 Å². The quantitative estimate of drug-likeness (QED) is 0.348. The van der Waals surface area contributed by atoms with E-state index in [-0.39, 0.29) is 0 Å². The first-order chi connectivity index (χ1) is 2.41. The van der Waals surface area contributed by atoms with Gasteiger partial charge >= 0.3 is 0 Å². The largest absolute Gasteiger partial charge is 0.133 e. The van der Waals surface area contributed by atoms with Crippen LogP contribution in [-0.2, 0) is 0 Å². The van der Waals surface area contributed by atoms with E-state index < -0.39 is 0 Å². The van der Waals surface area contributed by atoms with Crippen LogP contribution in [0.3, 0.4) is 0 Å². The minimum atomic E-state index is 1.10. The van der Waals surface area contributed by atoms with Gasteiger partial charge in [-0.05, 0) is 6.66 Å². The summed E-state index contributed by atoms with van der Waals surface area (Å²) in [6, 6.07) is 1.29. The summed E-state index contributed by atoms with van der Waals surface area (Å²) in [5.41, 5.74) is 0. The second kappa shape index (κ2) is 4.49. The molecule has 0 saturated heterocycles. The van der Waals surface area contributed by atoms with Crippen molar-refractivity contribution in [2.45, 2.75) is 6.82 Å². The average molecular weight is 86.9 g/mol. The molecule has 0 N–H and O–H groups in total. The second-order valence-electron chi connectivity index (χ2n) is 0.966. The molecule has 0 amide bonds. The third-order valence-corrected chi connectivity index (χ3v) is 1.22. The molecule has 0 nitrogen and oxygen atoms in total. The molecular weight excluding hydrogens is 77.8 g/mol. The lowest BCUT2D eigenvalue weighted by Crippen LogP contribution is -1.79. The Balaban J connectivity index is 2.19. The van der Waals surface area contributed by atoms with Crippen LogP contribution in [0.15, 0.2) is 0 Å². The zero-order valence-corrected chi connectivity index (χ0v) is 4.78. The molecule has 0 aliphatic carbocycles. The van der Waals surface area contributed by atoms with Gasteiger partial charge in [0.1, 0.15) is 7.28 Å². The summed E-state index contributed by atoms with van der Waals surface area (Å²) in [5, 5.41) is 0. The van der Waals surface area contributed by atoms with Crippen molar-refractivity contribution in [2.75, 3.05) is 12.7 Å². The van der Waals surface area contributed by atoms with Gasteiger partial charge in [0.15, 0.2) is 0 Å². The molecule has 0 rings (SSSR count). The Morgan fingerprint density at radius 2 is 2.40 bits per heavy atom. The van der Waals surface area contributed by atoms with Gasteiger partial charge in [0, 0.05) is 0 Å². The van der Waals surface area contributed by atoms with Gasteiger partial charge in [0.25, 0.3) is 0 Å². The van der Waals surface area contributed by atoms with E-state index in [1.165, 1.54) is 6.06 Å². The van der Waals surface area contributed by atoms with Crippen LogP contribution in [0, 0.1) is 0 Å². The summed E-state index contributed by atoms with van der Waals surface area (Å²) in [7, 11) is 3.30. The van der Waals surface area contributed by atoms with Crippen molar-refractivity contribution in [1.82, 2.24) is 0 Å². The average Bonchev–Trinajstić information content (AvgIpc) is 1.41. The molecule has 29 valence electrons. The van der Waals surface area contributed by atoms with Crippen LogP contribution in [0.2, 0.25) is 6.82 Å². The molecule has 2 heteroatoms. The maximum absolute atomic E-state index is 2.21. The fraction of sp³-hybridized carbons (Fsp3) is 1.00. The molecule has 0 saturated carbocycles. The Morgan fingerprint density at radius 3 is 2.40 bits per heavy atom. The summed E-state index contributed by atoms with van der Waals surface area (Å²) in [6.45, 7) is 4.30. The Hall–Kier alpha value is 0.495. The molecule has 1 unspecified atom stereocenters. The first-order valence-corrected chi connectivity index (χ1v) is 3.55. The van der Waals surface area contributed by atoms with Gasteiger partial charge in [-0.15, -0.1) is 8.58 Å². The highest BCUT2D eigenvalue weighted by Gasteiger charge is 1.70. The van der Waals surface area contributed by atoms with Crippen LogP contribution in [0.5, 0.6) is 0 Å². The molecule has 0 bridgehead atoms. The molecule has 0 aromatic carbocycles. The standard InChI is InChI=1S/C3H9BP/c1-4-3-5-2/h5H,3H2,1-2H3. The SMILES string of the molecule is C[B]CPC. The first-order valence-electron chi connectivity index (χ1n) is 1.84. The van der Waals surface area contributed by atoms with Crippen molar-refractivity contribution in [3.05, 3.63) is 0 Å². The third kappa shape index (κ3) is 4.49. The Kier molecular flexibility index (Phi) is 4.94. The molecule has 0 aliphatic rings. The highest BCUT2D eigenvalue weighted by Crippen LogP contribution is 1.96. The van der Waals surface area contributed by atoms with Gasteiger partial charge in [-0.1, -0.05) is 12.9 Å². The fourth-order valence-electron chi connectivity index (χ4n) is 0.204. The van der Waals surface area contributed by atoms with Crippen molar-refractivity contribution in [3.8, 4) is 0 Å². The van der Waals surface area contributed by atoms with Crippen LogP contribution < -0.4 is 0 Å². The van der Waals surface area contributed by atoms with E-state index in [9.17, 15) is 0 Å². The Morgan fingerprint density at radius 1 is 1.80 bits per heavy atom. The normalized spacial score (nSPS) is 10.0. The van der Waals surface area contributed by atoms with Crippen LogP contribution in [0.25, 0.3) is 0 Å². The molecule has 0 spiro atoms. The van der Waals surface area contributed by atoms with Gasteiger partial charge in [-0.3, -0.25) is 0 Å². The molecular formula is C3H9BP. The summed E-state index contributed by atoms with van der Waals surface area (Å²) < 4.78 is 0. The van der Waals surface area contributed by atoms with Crippen molar-refractivity contribution in [2.24, 2.45) is 0 Å². The number of rotatable bonds is 2. The molecule has 5 heavy (non-hydrogen) atoms. The first kappa shape index (κ1) is 5.49. The van der Waals surface area contributed by atoms with E-state index >= 15 is 0 Å². The smallest absolute Gasteiger partial charge is 0.111 e. The van der Waals surface area contributed by atoms with Crippen molar-refractivity contribution in [1.29, 1.82) is 0 Å². The van der Waals surface area contributed by atoms with Gasteiger partial charge < -0.3 is 0 Å². The highest BCUT2D eigenvalue weighted by atomic mass is 31.1. The van der Waals surface area contributed by atoms with Crippen LogP contribution in [0.1, 0.15) is 0 Å². The lowest BCUT2D eigenvalue weighted by atomic mass is 9.87. The summed E-state index contributed by atoms with van der Waals surface area (Å²) >= 11 is 0. The fourth-order valence-corrected chi connectivity index (χ4v) is 0.612. The van der Waals surface area contributed by atoms with Crippen molar-refractivity contribution >= 4 is 15.9 Å².